The maximum atomic E-state index is 12.1. The Morgan fingerprint density at radius 2 is 1.89 bits per heavy atom. The summed E-state index contributed by atoms with van der Waals surface area (Å²) in [6.45, 7) is 4.49. The molecule has 0 spiro atoms. The summed E-state index contributed by atoms with van der Waals surface area (Å²) in [5.74, 6) is 1.34. The van der Waals surface area contributed by atoms with Gasteiger partial charge in [0.2, 0.25) is 5.78 Å². The second-order valence-electron chi connectivity index (χ2n) is 4.50. The van der Waals surface area contributed by atoms with Crippen molar-refractivity contribution in [3.63, 3.8) is 0 Å². The zero-order valence-corrected chi connectivity index (χ0v) is 10.6. The Bertz CT molecular complexity index is 540. The van der Waals surface area contributed by atoms with Crippen LogP contribution in [0.15, 0.2) is 40.8 Å². The van der Waals surface area contributed by atoms with Crippen molar-refractivity contribution in [2.75, 3.05) is 6.54 Å². The molecule has 0 radical (unpaired) electrons. The molecule has 2 N–H and O–H groups in total. The lowest BCUT2D eigenvalue weighted by molar-refractivity contribution is 0.101. The molecule has 0 amide bonds. The van der Waals surface area contributed by atoms with Crippen LogP contribution in [-0.2, 0) is 0 Å². The zero-order chi connectivity index (χ0) is 13.1. The van der Waals surface area contributed by atoms with Gasteiger partial charge in [0.05, 0.1) is 0 Å². The molecular weight excluding hydrogens is 226 g/mol. The minimum absolute atomic E-state index is 0.0879. The number of aryl methyl sites for hydroxylation is 1. The molecule has 1 heterocycles. The first-order valence-corrected chi connectivity index (χ1v) is 6.03. The highest BCUT2D eigenvalue weighted by Gasteiger charge is 2.13. The van der Waals surface area contributed by atoms with Gasteiger partial charge in [-0.25, -0.2) is 0 Å². The number of benzene rings is 1. The van der Waals surface area contributed by atoms with Crippen molar-refractivity contribution < 1.29 is 9.21 Å². The van der Waals surface area contributed by atoms with Gasteiger partial charge in [0.1, 0.15) is 5.76 Å². The van der Waals surface area contributed by atoms with Crippen LogP contribution in [0.2, 0.25) is 0 Å². The number of ketones is 1. The molecule has 3 heteroatoms. The molecule has 94 valence electrons. The SMILES string of the molecule is Cc1ccc(C(=O)c2ccc(C(C)CN)cc2)o1. The van der Waals surface area contributed by atoms with E-state index >= 15 is 0 Å². The molecule has 18 heavy (non-hydrogen) atoms. The fraction of sp³-hybridized carbons (Fsp3) is 0.267. The first-order chi connectivity index (χ1) is 8.61. The summed E-state index contributed by atoms with van der Waals surface area (Å²) in [6.07, 6.45) is 0. The molecule has 1 aromatic heterocycles. The molecule has 0 aliphatic carbocycles. The van der Waals surface area contributed by atoms with Crippen LogP contribution >= 0.6 is 0 Å². The molecule has 2 rings (SSSR count). The van der Waals surface area contributed by atoms with Gasteiger partial charge >= 0.3 is 0 Å². The van der Waals surface area contributed by atoms with Crippen LogP contribution in [0.4, 0.5) is 0 Å². The van der Waals surface area contributed by atoms with E-state index in [1.165, 1.54) is 0 Å². The fourth-order valence-electron chi connectivity index (χ4n) is 1.80. The van der Waals surface area contributed by atoms with Gasteiger partial charge in [0, 0.05) is 5.56 Å². The predicted octanol–water partition coefficient (Wildman–Crippen LogP) is 2.88. The normalized spacial score (nSPS) is 12.4. The summed E-state index contributed by atoms with van der Waals surface area (Å²) in [5.41, 5.74) is 7.39. The molecule has 1 atom stereocenters. The van der Waals surface area contributed by atoms with Crippen LogP contribution < -0.4 is 5.73 Å². The first kappa shape index (κ1) is 12.6. The topological polar surface area (TPSA) is 56.2 Å². The number of carbonyl (C=O) groups excluding carboxylic acids is 1. The monoisotopic (exact) mass is 243 g/mol. The summed E-state index contributed by atoms with van der Waals surface area (Å²) in [5, 5.41) is 0. The number of rotatable bonds is 4. The van der Waals surface area contributed by atoms with E-state index < -0.39 is 0 Å². The smallest absolute Gasteiger partial charge is 0.228 e. The van der Waals surface area contributed by atoms with Gasteiger partial charge in [-0.2, -0.15) is 0 Å². The van der Waals surface area contributed by atoms with Crippen molar-refractivity contribution in [2.24, 2.45) is 5.73 Å². The van der Waals surface area contributed by atoms with E-state index in [1.54, 1.807) is 12.1 Å². The summed E-state index contributed by atoms with van der Waals surface area (Å²) < 4.78 is 5.33. The van der Waals surface area contributed by atoms with Crippen molar-refractivity contribution >= 4 is 5.78 Å². The third kappa shape index (κ3) is 2.51. The van der Waals surface area contributed by atoms with Gasteiger partial charge in [-0.15, -0.1) is 0 Å². The first-order valence-electron chi connectivity index (χ1n) is 6.03. The maximum Gasteiger partial charge on any atom is 0.228 e. The molecule has 2 aromatic rings. The Morgan fingerprint density at radius 1 is 1.22 bits per heavy atom. The highest BCUT2D eigenvalue weighted by atomic mass is 16.3. The molecule has 1 aromatic carbocycles. The van der Waals surface area contributed by atoms with Crippen molar-refractivity contribution in [3.8, 4) is 0 Å². The minimum atomic E-state index is -0.0879. The fourth-order valence-corrected chi connectivity index (χ4v) is 1.80. The van der Waals surface area contributed by atoms with Crippen LogP contribution in [0.1, 0.15) is 40.3 Å². The van der Waals surface area contributed by atoms with Crippen LogP contribution in [0.25, 0.3) is 0 Å². The van der Waals surface area contributed by atoms with E-state index in [4.69, 9.17) is 10.2 Å². The number of carbonyl (C=O) groups is 1. The van der Waals surface area contributed by atoms with Crippen LogP contribution in [-0.4, -0.2) is 12.3 Å². The van der Waals surface area contributed by atoms with Gasteiger partial charge < -0.3 is 10.2 Å². The van der Waals surface area contributed by atoms with E-state index in [0.717, 1.165) is 11.3 Å². The number of furan rings is 1. The number of nitrogens with two attached hydrogens (primary N) is 1. The average Bonchev–Trinajstić information content (AvgIpc) is 2.84. The molecule has 0 saturated carbocycles. The largest absolute Gasteiger partial charge is 0.458 e. The van der Waals surface area contributed by atoms with E-state index in [2.05, 4.69) is 6.92 Å². The van der Waals surface area contributed by atoms with Crippen molar-refractivity contribution in [3.05, 3.63) is 59.0 Å². The van der Waals surface area contributed by atoms with E-state index in [0.29, 0.717) is 23.8 Å². The van der Waals surface area contributed by atoms with Crippen LogP contribution in [0, 0.1) is 6.92 Å². The number of hydrogen-bond acceptors (Lipinski definition) is 3. The van der Waals surface area contributed by atoms with Gasteiger partial charge in [-0.05, 0) is 37.1 Å². The third-order valence-electron chi connectivity index (χ3n) is 3.06. The van der Waals surface area contributed by atoms with Gasteiger partial charge in [-0.1, -0.05) is 31.2 Å². The molecule has 1 unspecified atom stereocenters. The van der Waals surface area contributed by atoms with Crippen molar-refractivity contribution in [2.45, 2.75) is 19.8 Å². The standard InChI is InChI=1S/C15H17NO2/c1-10(9-16)12-4-6-13(7-5-12)15(17)14-8-3-11(2)18-14/h3-8,10H,9,16H2,1-2H3. The molecule has 0 aliphatic heterocycles. The van der Waals surface area contributed by atoms with Gasteiger partial charge in [-0.3, -0.25) is 4.79 Å². The molecule has 0 saturated heterocycles. The van der Waals surface area contributed by atoms with E-state index in [-0.39, 0.29) is 5.78 Å². The second kappa shape index (κ2) is 5.19. The lowest BCUT2D eigenvalue weighted by Crippen LogP contribution is -2.09. The Hall–Kier alpha value is -1.87. The van der Waals surface area contributed by atoms with Crippen LogP contribution in [0.3, 0.4) is 0 Å². The minimum Gasteiger partial charge on any atom is -0.458 e. The zero-order valence-electron chi connectivity index (χ0n) is 10.6. The average molecular weight is 243 g/mol. The molecule has 0 bridgehead atoms. The Kier molecular flexibility index (Phi) is 3.63. The molecule has 0 fully saturated rings. The lowest BCUT2D eigenvalue weighted by Gasteiger charge is -2.08. The van der Waals surface area contributed by atoms with Gasteiger partial charge in [0.25, 0.3) is 0 Å². The maximum absolute atomic E-state index is 12.1. The summed E-state index contributed by atoms with van der Waals surface area (Å²) in [4.78, 5) is 12.1. The Labute approximate surface area is 107 Å². The summed E-state index contributed by atoms with van der Waals surface area (Å²) in [7, 11) is 0. The lowest BCUT2D eigenvalue weighted by atomic mass is 9.98. The molecule has 0 aliphatic rings. The molecule has 3 nitrogen and oxygen atoms in total. The highest BCUT2D eigenvalue weighted by Crippen LogP contribution is 2.17. The quantitative estimate of drug-likeness (QED) is 0.840. The summed E-state index contributed by atoms with van der Waals surface area (Å²) >= 11 is 0. The third-order valence-corrected chi connectivity index (χ3v) is 3.06. The van der Waals surface area contributed by atoms with Gasteiger partial charge in [0.15, 0.2) is 5.76 Å². The second-order valence-corrected chi connectivity index (χ2v) is 4.50. The van der Waals surface area contributed by atoms with E-state index in [9.17, 15) is 4.79 Å². The Balaban J connectivity index is 2.22. The van der Waals surface area contributed by atoms with Crippen molar-refractivity contribution in [1.29, 1.82) is 0 Å². The van der Waals surface area contributed by atoms with Crippen molar-refractivity contribution in [1.82, 2.24) is 0 Å². The Morgan fingerprint density at radius 3 is 2.39 bits per heavy atom. The number of hydrogen-bond donors (Lipinski definition) is 1. The predicted molar refractivity (Wildman–Crippen MR) is 70.8 cm³/mol. The molecular formula is C15H17NO2. The van der Waals surface area contributed by atoms with E-state index in [1.807, 2.05) is 31.2 Å². The summed E-state index contributed by atoms with van der Waals surface area (Å²) in [6, 6.07) is 11.0. The van der Waals surface area contributed by atoms with Crippen LogP contribution in [0.5, 0.6) is 0 Å². The highest BCUT2D eigenvalue weighted by molar-refractivity contribution is 6.07.